The zero-order chi connectivity index (χ0) is 24.9. The molecule has 2 aliphatic rings. The third kappa shape index (κ3) is 3.67. The molecular formula is C24H17ClFN3O6. The molecule has 3 atom stereocenters. The highest BCUT2D eigenvalue weighted by Gasteiger charge is 2.61. The van der Waals surface area contributed by atoms with E-state index in [4.69, 9.17) is 21.2 Å². The van der Waals surface area contributed by atoms with E-state index in [9.17, 15) is 19.7 Å². The molecule has 2 saturated heterocycles. The number of amides is 2. The first-order valence-electron chi connectivity index (χ1n) is 10.5. The van der Waals surface area contributed by atoms with Crippen LogP contribution in [0.5, 0.6) is 5.75 Å². The molecule has 2 amide bonds. The van der Waals surface area contributed by atoms with Gasteiger partial charge in [0.05, 0.1) is 23.4 Å². The van der Waals surface area contributed by atoms with Gasteiger partial charge in [-0.3, -0.25) is 24.5 Å². The van der Waals surface area contributed by atoms with E-state index >= 15 is 4.39 Å². The number of hydroxylamine groups is 1. The molecular weight excluding hydrogens is 481 g/mol. The highest BCUT2D eigenvalue weighted by molar-refractivity contribution is 6.31. The number of fused-ring (bicyclic) bond motifs is 1. The number of hydrogen-bond donors (Lipinski definition) is 0. The summed E-state index contributed by atoms with van der Waals surface area (Å²) < 4.78 is 20.3. The van der Waals surface area contributed by atoms with Crippen molar-refractivity contribution in [2.75, 3.05) is 17.1 Å². The fourth-order valence-corrected chi connectivity index (χ4v) is 4.75. The Kier molecular flexibility index (Phi) is 5.62. The quantitative estimate of drug-likeness (QED) is 0.291. The average molecular weight is 498 g/mol. The van der Waals surface area contributed by atoms with Gasteiger partial charge in [-0.2, -0.15) is 0 Å². The lowest BCUT2D eigenvalue weighted by molar-refractivity contribution is -0.384. The summed E-state index contributed by atoms with van der Waals surface area (Å²) in [6, 6.07) is 14.7. The summed E-state index contributed by atoms with van der Waals surface area (Å²) in [5.41, 5.74) is 0.156. The lowest BCUT2D eigenvalue weighted by atomic mass is 9.90. The highest BCUT2D eigenvalue weighted by Crippen LogP contribution is 2.50. The van der Waals surface area contributed by atoms with Crippen LogP contribution >= 0.6 is 11.6 Å². The molecule has 0 saturated carbocycles. The third-order valence-corrected chi connectivity index (χ3v) is 6.35. The van der Waals surface area contributed by atoms with Crippen LogP contribution in [0.25, 0.3) is 0 Å². The van der Waals surface area contributed by atoms with E-state index < -0.39 is 40.6 Å². The van der Waals surface area contributed by atoms with Crippen LogP contribution < -0.4 is 14.7 Å². The van der Waals surface area contributed by atoms with E-state index in [-0.39, 0.29) is 27.6 Å². The Balaban J connectivity index is 1.63. The van der Waals surface area contributed by atoms with Crippen LogP contribution in [-0.4, -0.2) is 30.0 Å². The first-order valence-corrected chi connectivity index (χ1v) is 10.9. The van der Waals surface area contributed by atoms with Crippen molar-refractivity contribution in [3.8, 4) is 5.75 Å². The van der Waals surface area contributed by atoms with E-state index in [2.05, 4.69) is 0 Å². The second-order valence-electron chi connectivity index (χ2n) is 7.95. The molecule has 9 nitrogen and oxygen atoms in total. The molecule has 0 spiro atoms. The monoisotopic (exact) mass is 497 g/mol. The van der Waals surface area contributed by atoms with Crippen LogP contribution in [0, 0.1) is 21.8 Å². The lowest BCUT2D eigenvalue weighted by Crippen LogP contribution is -2.37. The number of benzene rings is 3. The number of nitro groups is 1. The van der Waals surface area contributed by atoms with Crippen LogP contribution in [0.2, 0.25) is 5.02 Å². The maximum Gasteiger partial charge on any atom is 0.271 e. The largest absolute Gasteiger partial charge is 0.497 e. The molecule has 0 radical (unpaired) electrons. The summed E-state index contributed by atoms with van der Waals surface area (Å²) in [7, 11) is 1.46. The second-order valence-corrected chi connectivity index (χ2v) is 8.36. The van der Waals surface area contributed by atoms with Gasteiger partial charge in [-0.1, -0.05) is 29.8 Å². The van der Waals surface area contributed by atoms with Crippen LogP contribution in [0.3, 0.4) is 0 Å². The number of ether oxygens (including phenoxy) is 1. The lowest BCUT2D eigenvalue weighted by Gasteiger charge is -2.29. The van der Waals surface area contributed by atoms with Crippen molar-refractivity contribution in [2.24, 2.45) is 5.92 Å². The molecule has 3 aromatic rings. The minimum atomic E-state index is -1.30. The predicted molar refractivity (Wildman–Crippen MR) is 124 cm³/mol. The van der Waals surface area contributed by atoms with Crippen molar-refractivity contribution < 1.29 is 28.5 Å². The van der Waals surface area contributed by atoms with Crippen molar-refractivity contribution in [1.29, 1.82) is 0 Å². The topological polar surface area (TPSA) is 102 Å². The van der Waals surface area contributed by atoms with Crippen molar-refractivity contribution in [2.45, 2.75) is 12.1 Å². The Morgan fingerprint density at radius 3 is 2.46 bits per heavy atom. The van der Waals surface area contributed by atoms with Gasteiger partial charge in [-0.05, 0) is 30.3 Å². The standard InChI is InChI=1S/C24H17ClFN3O6/c1-34-16-8-3-5-13(12-16)27-23(30)20-21(19-17(25)9-4-10-18(19)26)28(35-22(20)24(27)31)14-6-2-7-15(11-14)29(32)33/h2-12,20-22H,1H3/t20-,21+,22+/m0/s1. The van der Waals surface area contributed by atoms with Gasteiger partial charge in [-0.15, -0.1) is 0 Å². The molecule has 0 N–H and O–H groups in total. The van der Waals surface area contributed by atoms with E-state index in [1.54, 1.807) is 18.2 Å². The summed E-state index contributed by atoms with van der Waals surface area (Å²) in [6.07, 6.45) is -1.30. The Morgan fingerprint density at radius 1 is 1.03 bits per heavy atom. The molecule has 0 bridgehead atoms. The normalized spacial score (nSPS) is 21.4. The number of halogens is 2. The van der Waals surface area contributed by atoms with Gasteiger partial charge in [0.1, 0.15) is 23.5 Å². The van der Waals surface area contributed by atoms with E-state index in [0.29, 0.717) is 5.75 Å². The van der Waals surface area contributed by atoms with E-state index in [1.165, 1.54) is 55.6 Å². The van der Waals surface area contributed by atoms with Crippen molar-refractivity contribution in [1.82, 2.24) is 0 Å². The number of imide groups is 1. The van der Waals surface area contributed by atoms with Crippen LogP contribution in [0.1, 0.15) is 11.6 Å². The molecule has 11 heteroatoms. The smallest absolute Gasteiger partial charge is 0.271 e. The van der Waals surface area contributed by atoms with Crippen LogP contribution in [0.15, 0.2) is 66.7 Å². The number of methoxy groups -OCH3 is 1. The van der Waals surface area contributed by atoms with E-state index in [1.807, 2.05) is 0 Å². The van der Waals surface area contributed by atoms with Gasteiger partial charge in [0.2, 0.25) is 5.91 Å². The fourth-order valence-electron chi connectivity index (χ4n) is 4.47. The number of hydrogen-bond acceptors (Lipinski definition) is 7. The maximum absolute atomic E-state index is 15.1. The number of carbonyl (C=O) groups is 2. The second kappa shape index (κ2) is 8.64. The van der Waals surface area contributed by atoms with E-state index in [0.717, 1.165) is 9.96 Å². The van der Waals surface area contributed by atoms with Gasteiger partial charge in [0.15, 0.2) is 6.10 Å². The zero-order valence-corrected chi connectivity index (χ0v) is 18.9. The molecule has 0 unspecified atom stereocenters. The molecule has 2 heterocycles. The highest BCUT2D eigenvalue weighted by atomic mass is 35.5. The summed E-state index contributed by atoms with van der Waals surface area (Å²) >= 11 is 6.35. The Hall–Kier alpha value is -4.02. The molecule has 2 fully saturated rings. The summed E-state index contributed by atoms with van der Waals surface area (Å²) in [5.74, 6) is -2.71. The molecule has 35 heavy (non-hydrogen) atoms. The van der Waals surface area contributed by atoms with Gasteiger partial charge < -0.3 is 4.74 Å². The predicted octanol–water partition coefficient (Wildman–Crippen LogP) is 4.45. The number of non-ortho nitro benzene ring substituents is 1. The Labute approximate surface area is 203 Å². The minimum absolute atomic E-state index is 0.0229. The maximum atomic E-state index is 15.1. The number of nitrogens with zero attached hydrogens (tertiary/aromatic N) is 3. The van der Waals surface area contributed by atoms with Crippen molar-refractivity contribution in [3.05, 3.63) is 93.2 Å². The Bertz CT molecular complexity index is 1350. The van der Waals surface area contributed by atoms with Crippen LogP contribution in [-0.2, 0) is 14.4 Å². The van der Waals surface area contributed by atoms with Gasteiger partial charge in [-0.25, -0.2) is 14.4 Å². The third-order valence-electron chi connectivity index (χ3n) is 6.02. The van der Waals surface area contributed by atoms with Crippen LogP contribution in [0.4, 0.5) is 21.5 Å². The van der Waals surface area contributed by atoms with Crippen molar-refractivity contribution >= 4 is 40.5 Å². The van der Waals surface area contributed by atoms with Gasteiger partial charge in [0, 0.05) is 28.8 Å². The number of carbonyl (C=O) groups excluding carboxylic acids is 2. The molecule has 2 aliphatic heterocycles. The summed E-state index contributed by atoms with van der Waals surface area (Å²) in [6.45, 7) is 0. The van der Waals surface area contributed by atoms with Gasteiger partial charge >= 0.3 is 0 Å². The molecule has 3 aromatic carbocycles. The fraction of sp³-hybridized carbons (Fsp3) is 0.167. The molecule has 0 aromatic heterocycles. The Morgan fingerprint density at radius 2 is 1.74 bits per heavy atom. The van der Waals surface area contributed by atoms with Gasteiger partial charge in [0.25, 0.3) is 11.6 Å². The first kappa shape index (κ1) is 22.8. The number of rotatable bonds is 5. The number of anilines is 2. The SMILES string of the molecule is COc1cccc(N2C(=O)[C@H]3[C@@H](c4c(F)cccc4Cl)N(c4cccc([N+](=O)[O-])c4)O[C@H]3C2=O)c1. The molecule has 5 rings (SSSR count). The minimum Gasteiger partial charge on any atom is -0.497 e. The zero-order valence-electron chi connectivity index (χ0n) is 18.1. The molecule has 0 aliphatic carbocycles. The number of nitro benzene ring substituents is 1. The average Bonchev–Trinajstić information content (AvgIpc) is 3.35. The van der Waals surface area contributed by atoms with Crippen molar-refractivity contribution in [3.63, 3.8) is 0 Å². The summed E-state index contributed by atoms with van der Waals surface area (Å²) in [4.78, 5) is 44.6. The first-order chi connectivity index (χ1) is 16.8. The molecule has 178 valence electrons. The summed E-state index contributed by atoms with van der Waals surface area (Å²) in [5, 5.41) is 12.5.